The summed E-state index contributed by atoms with van der Waals surface area (Å²) < 4.78 is 19.7. The van der Waals surface area contributed by atoms with E-state index in [1.807, 2.05) is 0 Å². The maximum absolute atomic E-state index is 9.95. The normalized spacial score (nSPS) is 9.12. The number of aromatic nitrogens is 2. The van der Waals surface area contributed by atoms with E-state index in [2.05, 4.69) is 20.5 Å². The molecule has 88 valence electrons. The van der Waals surface area contributed by atoms with Gasteiger partial charge in [0.15, 0.2) is 0 Å². The Morgan fingerprint density at radius 2 is 2.12 bits per heavy atom. The van der Waals surface area contributed by atoms with Gasteiger partial charge in [-0.3, -0.25) is 0 Å². The second-order valence-electron chi connectivity index (χ2n) is 2.64. The molecule has 0 atom stereocenters. The van der Waals surface area contributed by atoms with Gasteiger partial charge in [-0.2, -0.15) is 0 Å². The first kappa shape index (κ1) is 13.0. The van der Waals surface area contributed by atoms with Crippen molar-refractivity contribution in [2.75, 3.05) is 24.7 Å². The topological polar surface area (TPSA) is 137 Å². The maximum atomic E-state index is 9.95. The molecule has 1 rings (SSSR count). The predicted molar refractivity (Wildman–Crippen MR) is 58.5 cm³/mol. The minimum absolute atomic E-state index is 0.00843. The quantitative estimate of drug-likeness (QED) is 0.569. The van der Waals surface area contributed by atoms with Crippen LogP contribution in [0.3, 0.4) is 0 Å². The second-order valence-corrected chi connectivity index (χ2v) is 3.00. The molecule has 8 nitrogen and oxygen atoms in total. The molecule has 0 fully saturated rings. The number of hydrogen-bond acceptors (Lipinski definition) is 8. The van der Waals surface area contributed by atoms with Crippen LogP contribution in [0.2, 0.25) is 0 Å². The van der Waals surface area contributed by atoms with Gasteiger partial charge in [-0.15, -0.1) is 0 Å². The average molecular weight is 253 g/mol. The molecule has 0 aliphatic heterocycles. The molecule has 1 aromatic heterocycles. The summed E-state index contributed by atoms with van der Waals surface area (Å²) in [7, 11) is -0.351. The van der Waals surface area contributed by atoms with Crippen LogP contribution >= 0.6 is 7.92 Å². The van der Waals surface area contributed by atoms with E-state index < -0.39 is 0 Å². The van der Waals surface area contributed by atoms with E-state index in [4.69, 9.17) is 21.5 Å². The Hall–Kier alpha value is -2.06. The molecule has 9 heteroatoms. The summed E-state index contributed by atoms with van der Waals surface area (Å²) in [6.45, 7) is 0.178. The van der Waals surface area contributed by atoms with E-state index in [1.165, 1.54) is 0 Å². The molecule has 1 heterocycles. The van der Waals surface area contributed by atoms with Crippen LogP contribution in [0.1, 0.15) is 5.56 Å². The van der Waals surface area contributed by atoms with Gasteiger partial charge in [0.25, 0.3) is 0 Å². The third-order valence-corrected chi connectivity index (χ3v) is 1.76. The van der Waals surface area contributed by atoms with Gasteiger partial charge in [-0.25, -0.2) is 0 Å². The predicted octanol–water partition coefficient (Wildman–Crippen LogP) is 0.116. The van der Waals surface area contributed by atoms with Crippen molar-refractivity contribution in [2.45, 2.75) is 0 Å². The zero-order valence-corrected chi connectivity index (χ0v) is 9.48. The van der Waals surface area contributed by atoms with Crippen LogP contribution in [-0.2, 0) is 9.30 Å². The summed E-state index contributed by atoms with van der Waals surface area (Å²) in [5.41, 5.74) is 10.8. The molecular formula is C8H8N5O3P. The van der Waals surface area contributed by atoms with Gasteiger partial charge in [-0.1, -0.05) is 0 Å². The van der Waals surface area contributed by atoms with Crippen LogP contribution in [0.25, 0.3) is 0 Å². The van der Waals surface area contributed by atoms with Gasteiger partial charge in [0.2, 0.25) is 0 Å². The van der Waals surface area contributed by atoms with Crippen molar-refractivity contribution >= 4 is 19.7 Å². The van der Waals surface area contributed by atoms with Crippen molar-refractivity contribution < 1.29 is 14.0 Å². The first-order chi connectivity index (χ1) is 8.19. The number of nitrogens with two attached hydrogens (primary N) is 2. The average Bonchev–Trinajstić information content (AvgIpc) is 2.28. The number of hydrogen-bond donors (Lipinski definition) is 2. The minimum atomic E-state index is -0.351. The third-order valence-electron chi connectivity index (χ3n) is 1.56. The van der Waals surface area contributed by atoms with E-state index in [0.29, 0.717) is 0 Å². The molecule has 0 radical (unpaired) electrons. The standard InChI is InChI=1S/C8H8N5O3P/c9-3-5-6(10)12-8(11)13-7(5)16-2-1-15-4-17-14/h1-2H2,(H4,10,11,12,13). The molecule has 0 aliphatic rings. The number of rotatable bonds is 4. The van der Waals surface area contributed by atoms with Crippen LogP contribution in [0, 0.1) is 17.1 Å². The Balaban J connectivity index is 2.72. The van der Waals surface area contributed by atoms with E-state index in [-0.39, 0.29) is 44.3 Å². The Morgan fingerprint density at radius 1 is 1.35 bits per heavy atom. The van der Waals surface area contributed by atoms with Crippen LogP contribution in [0.5, 0.6) is 5.88 Å². The Morgan fingerprint density at radius 3 is 2.76 bits per heavy atom. The van der Waals surface area contributed by atoms with Crippen molar-refractivity contribution in [2.24, 2.45) is 0 Å². The van der Waals surface area contributed by atoms with Gasteiger partial charge in [-0.05, 0) is 0 Å². The van der Waals surface area contributed by atoms with Gasteiger partial charge >= 0.3 is 97.0 Å². The van der Waals surface area contributed by atoms with Gasteiger partial charge in [0, 0.05) is 0 Å². The molecule has 17 heavy (non-hydrogen) atoms. The van der Waals surface area contributed by atoms with Crippen molar-refractivity contribution in [3.05, 3.63) is 5.56 Å². The SMILES string of the molecule is N#Cc1c(N)nc(N)nc1OCCOC#P=O. The van der Waals surface area contributed by atoms with Gasteiger partial charge in [0.05, 0.1) is 0 Å². The van der Waals surface area contributed by atoms with Crippen molar-refractivity contribution in [3.8, 4) is 17.8 Å². The number of anilines is 2. The fourth-order valence-corrected chi connectivity index (χ4v) is 1.08. The van der Waals surface area contributed by atoms with Crippen molar-refractivity contribution in [1.29, 1.82) is 5.26 Å². The van der Waals surface area contributed by atoms with Crippen LogP contribution in [0.15, 0.2) is 0 Å². The summed E-state index contributed by atoms with van der Waals surface area (Å²) >= 11 is 0. The molecule has 1 aromatic rings. The fourth-order valence-electron chi connectivity index (χ4n) is 0.935. The molecule has 0 amide bonds. The molecule has 0 aliphatic carbocycles. The zero-order chi connectivity index (χ0) is 12.7. The molecule has 0 spiro atoms. The zero-order valence-electron chi connectivity index (χ0n) is 8.58. The summed E-state index contributed by atoms with van der Waals surface area (Å²) in [6.07, 6.45) is 0. The van der Waals surface area contributed by atoms with Gasteiger partial charge in [0.1, 0.15) is 0 Å². The Bertz CT molecular complexity index is 550. The summed E-state index contributed by atoms with van der Waals surface area (Å²) in [6, 6.07) is 1.80. The number of ether oxygens (including phenoxy) is 2. The summed E-state index contributed by atoms with van der Waals surface area (Å²) in [5, 5.41) is 8.81. The van der Waals surface area contributed by atoms with Crippen LogP contribution in [0.4, 0.5) is 11.8 Å². The Kier molecular flexibility index (Phi) is 4.98. The van der Waals surface area contributed by atoms with E-state index in [9.17, 15) is 4.57 Å². The molecular weight excluding hydrogens is 245 g/mol. The number of nitrogens with zero attached hydrogens (tertiary/aromatic N) is 3. The third kappa shape index (κ3) is 3.78. The molecule has 4 N–H and O–H groups in total. The molecule has 0 saturated carbocycles. The van der Waals surface area contributed by atoms with E-state index >= 15 is 0 Å². The molecule has 0 saturated heterocycles. The van der Waals surface area contributed by atoms with E-state index in [1.54, 1.807) is 6.07 Å². The first-order valence-electron chi connectivity index (χ1n) is 4.34. The van der Waals surface area contributed by atoms with Crippen molar-refractivity contribution in [1.82, 2.24) is 9.97 Å². The Labute approximate surface area is 97.7 Å². The fraction of sp³-hybridized carbons (Fsp3) is 0.250. The summed E-state index contributed by atoms with van der Waals surface area (Å²) in [4.78, 5) is 7.34. The van der Waals surface area contributed by atoms with E-state index in [0.717, 1.165) is 0 Å². The molecule has 0 unspecified atom stereocenters. The van der Waals surface area contributed by atoms with Crippen molar-refractivity contribution in [3.63, 3.8) is 0 Å². The molecule has 0 bridgehead atoms. The number of nitrogen functional groups attached to an aromatic ring is 2. The first-order valence-corrected chi connectivity index (χ1v) is 5.15. The van der Waals surface area contributed by atoms with Gasteiger partial charge < -0.3 is 0 Å². The second kappa shape index (κ2) is 6.51. The van der Waals surface area contributed by atoms with Crippen LogP contribution < -0.4 is 16.2 Å². The molecule has 0 aromatic carbocycles. The summed E-state index contributed by atoms with van der Waals surface area (Å²) in [5.74, 6) is 1.92. The van der Waals surface area contributed by atoms with Crippen LogP contribution in [-0.4, -0.2) is 23.2 Å². The monoisotopic (exact) mass is 253 g/mol. The number of nitriles is 1.